The van der Waals surface area contributed by atoms with Crippen LogP contribution in [0.15, 0.2) is 34.5 Å². The second-order valence-corrected chi connectivity index (χ2v) is 3.40. The van der Waals surface area contributed by atoms with Gasteiger partial charge in [0, 0.05) is 25.2 Å². The Labute approximate surface area is 100 Å². The lowest BCUT2D eigenvalue weighted by Gasteiger charge is -2.06. The Morgan fingerprint density at radius 1 is 1.35 bits per heavy atom. The fraction of sp³-hybridized carbons (Fsp3) is 0.417. The van der Waals surface area contributed by atoms with E-state index < -0.39 is 0 Å². The average Bonchev–Trinajstić information content (AvgIpc) is 2.16. The van der Waals surface area contributed by atoms with E-state index >= 15 is 0 Å². The Hall–Kier alpha value is -1.75. The number of ether oxygens (including phenoxy) is 1. The zero-order valence-electron chi connectivity index (χ0n) is 9.58. The minimum Gasteiger partial charge on any atom is -0.465 e. The second-order valence-electron chi connectivity index (χ2n) is 3.40. The van der Waals surface area contributed by atoms with Crippen LogP contribution in [0.25, 0.3) is 0 Å². The number of rotatable bonds is 6. The van der Waals surface area contributed by atoms with Crippen molar-refractivity contribution >= 4 is 17.9 Å². The molecule has 2 heterocycles. The molecule has 0 unspecified atom stereocenters. The first-order chi connectivity index (χ1) is 8.33. The molecule has 0 saturated heterocycles. The lowest BCUT2D eigenvalue weighted by Crippen LogP contribution is -2.12. The number of hydrogen-bond donors (Lipinski definition) is 1. The normalized spacial score (nSPS) is 14.1. The summed E-state index contributed by atoms with van der Waals surface area (Å²) in [6.07, 6.45) is 10.5. The summed E-state index contributed by atoms with van der Waals surface area (Å²) in [6.45, 7) is 0.531. The van der Waals surface area contributed by atoms with Gasteiger partial charge in [0.2, 0.25) is 0 Å². The minimum atomic E-state index is -0.249. The summed E-state index contributed by atoms with van der Waals surface area (Å²) in [4.78, 5) is 18.5. The van der Waals surface area contributed by atoms with E-state index in [9.17, 15) is 4.79 Å². The zero-order chi connectivity index (χ0) is 12.3. The van der Waals surface area contributed by atoms with E-state index in [0.29, 0.717) is 19.4 Å². The molecule has 5 nitrogen and oxygen atoms in total. The van der Waals surface area contributed by atoms with Gasteiger partial charge in [0.15, 0.2) is 0 Å². The summed E-state index contributed by atoms with van der Waals surface area (Å²) in [5, 5.41) is 8.46. The van der Waals surface area contributed by atoms with Crippen LogP contribution in [-0.2, 0) is 9.53 Å². The van der Waals surface area contributed by atoms with Gasteiger partial charge in [-0.25, -0.2) is 0 Å². The molecule has 92 valence electrons. The van der Waals surface area contributed by atoms with Crippen molar-refractivity contribution in [3.63, 3.8) is 0 Å². The quantitative estimate of drug-likeness (QED) is 0.557. The van der Waals surface area contributed by atoms with Crippen LogP contribution in [0, 0.1) is 0 Å². The third-order valence-corrected chi connectivity index (χ3v) is 1.99. The third kappa shape index (κ3) is 6.42. The molecule has 1 N–H and O–H groups in total. The number of allylic oxidation sites excluding steroid dienone is 2. The van der Waals surface area contributed by atoms with Gasteiger partial charge >= 0.3 is 5.97 Å². The topological polar surface area (TPSA) is 71.2 Å². The van der Waals surface area contributed by atoms with Crippen LogP contribution in [-0.4, -0.2) is 36.2 Å². The molecule has 0 aliphatic carbocycles. The Morgan fingerprint density at radius 3 is 2.41 bits per heavy atom. The first-order valence-corrected chi connectivity index (χ1v) is 5.51. The number of unbranched alkanes of at least 4 members (excludes halogenated alkanes) is 1. The van der Waals surface area contributed by atoms with Crippen molar-refractivity contribution in [1.82, 2.24) is 0 Å². The summed E-state index contributed by atoms with van der Waals surface area (Å²) in [5.74, 6) is -0.249. The molecular formula is C12H16N2O3. The van der Waals surface area contributed by atoms with E-state index in [1.807, 2.05) is 6.08 Å². The predicted octanol–water partition coefficient (Wildman–Crippen LogP) is 1.25. The van der Waals surface area contributed by atoms with E-state index in [4.69, 9.17) is 9.84 Å². The SMILES string of the molecule is C1=CN=C1.O=C(CC1=NC=C1)OCCCCO. The number of esters is 1. The highest BCUT2D eigenvalue weighted by atomic mass is 16.5. The van der Waals surface area contributed by atoms with E-state index in [0.717, 1.165) is 5.71 Å². The van der Waals surface area contributed by atoms with Crippen LogP contribution >= 0.6 is 0 Å². The number of carbonyl (C=O) groups is 1. The molecule has 0 amide bonds. The monoisotopic (exact) mass is 236 g/mol. The first-order valence-electron chi connectivity index (χ1n) is 5.51. The molecule has 0 aromatic rings. The van der Waals surface area contributed by atoms with Crippen molar-refractivity contribution in [3.8, 4) is 0 Å². The number of aliphatic imine (C=N–C) groups is 2. The summed E-state index contributed by atoms with van der Waals surface area (Å²) in [7, 11) is 0. The number of carbonyl (C=O) groups excluding carboxylic acids is 1. The number of nitrogens with zero attached hydrogens (tertiary/aromatic N) is 2. The summed E-state index contributed by atoms with van der Waals surface area (Å²) < 4.78 is 4.89. The van der Waals surface area contributed by atoms with Crippen LogP contribution < -0.4 is 0 Å². The Bertz CT molecular complexity index is 339. The average molecular weight is 236 g/mol. The van der Waals surface area contributed by atoms with Gasteiger partial charge in [0.1, 0.15) is 0 Å². The maximum atomic E-state index is 11.0. The fourth-order valence-corrected chi connectivity index (χ4v) is 0.969. The van der Waals surface area contributed by atoms with Gasteiger partial charge < -0.3 is 9.84 Å². The number of aliphatic hydroxyl groups excluding tert-OH is 1. The van der Waals surface area contributed by atoms with E-state index in [1.165, 1.54) is 0 Å². The van der Waals surface area contributed by atoms with Crippen LogP contribution in [0.2, 0.25) is 0 Å². The first kappa shape index (κ1) is 13.3. The molecular weight excluding hydrogens is 220 g/mol. The van der Waals surface area contributed by atoms with Gasteiger partial charge in [-0.1, -0.05) is 0 Å². The molecule has 2 aliphatic heterocycles. The smallest absolute Gasteiger partial charge is 0.311 e. The van der Waals surface area contributed by atoms with Crippen molar-refractivity contribution in [3.05, 3.63) is 24.6 Å². The third-order valence-electron chi connectivity index (χ3n) is 1.99. The van der Waals surface area contributed by atoms with Crippen molar-refractivity contribution < 1.29 is 14.6 Å². The molecule has 5 heteroatoms. The Balaban J connectivity index is 0.000000302. The maximum Gasteiger partial charge on any atom is 0.311 e. The molecule has 0 fully saturated rings. The zero-order valence-corrected chi connectivity index (χ0v) is 9.58. The fourth-order valence-electron chi connectivity index (χ4n) is 0.969. The predicted molar refractivity (Wildman–Crippen MR) is 66.1 cm³/mol. The van der Waals surface area contributed by atoms with Gasteiger partial charge in [0.25, 0.3) is 0 Å². The largest absolute Gasteiger partial charge is 0.465 e. The standard InChI is InChI=1S/C9H13NO3.C3H3N/c11-5-1-2-6-13-9(12)7-8-3-4-10-8;1-2-4-3-1/h3-4,11H,1-2,5-7H2;1-3H. The number of aliphatic hydroxyl groups is 1. The van der Waals surface area contributed by atoms with Gasteiger partial charge in [0.05, 0.1) is 18.7 Å². The van der Waals surface area contributed by atoms with Crippen LogP contribution in [0.1, 0.15) is 19.3 Å². The van der Waals surface area contributed by atoms with E-state index in [2.05, 4.69) is 9.98 Å². The van der Waals surface area contributed by atoms with Gasteiger partial charge in [-0.3, -0.25) is 14.8 Å². The van der Waals surface area contributed by atoms with Crippen molar-refractivity contribution in [2.24, 2.45) is 9.98 Å². The highest BCUT2D eigenvalue weighted by molar-refractivity contribution is 6.08. The van der Waals surface area contributed by atoms with Crippen molar-refractivity contribution in [1.29, 1.82) is 0 Å². The van der Waals surface area contributed by atoms with Gasteiger partial charge in [-0.2, -0.15) is 0 Å². The molecule has 2 aliphatic rings. The van der Waals surface area contributed by atoms with E-state index in [-0.39, 0.29) is 19.0 Å². The molecule has 0 saturated carbocycles. The summed E-state index contributed by atoms with van der Waals surface area (Å²) in [6, 6.07) is 0. The molecule has 17 heavy (non-hydrogen) atoms. The molecule has 0 atom stereocenters. The highest BCUT2D eigenvalue weighted by Gasteiger charge is 2.08. The Kier molecular flexibility index (Phi) is 6.59. The van der Waals surface area contributed by atoms with Gasteiger partial charge in [-0.15, -0.1) is 0 Å². The second kappa shape index (κ2) is 8.41. The molecule has 0 aromatic heterocycles. The van der Waals surface area contributed by atoms with Crippen molar-refractivity contribution in [2.75, 3.05) is 13.2 Å². The Morgan fingerprint density at radius 2 is 2.00 bits per heavy atom. The summed E-state index contributed by atoms with van der Waals surface area (Å²) >= 11 is 0. The lowest BCUT2D eigenvalue weighted by atomic mass is 10.2. The molecule has 2 rings (SSSR count). The van der Waals surface area contributed by atoms with Gasteiger partial charge in [-0.05, 0) is 25.0 Å². The molecule has 0 bridgehead atoms. The highest BCUT2D eigenvalue weighted by Crippen LogP contribution is 2.02. The molecule has 0 aromatic carbocycles. The number of hydrogen-bond acceptors (Lipinski definition) is 5. The van der Waals surface area contributed by atoms with Crippen LogP contribution in [0.3, 0.4) is 0 Å². The maximum absolute atomic E-state index is 11.0. The van der Waals surface area contributed by atoms with Crippen molar-refractivity contribution in [2.45, 2.75) is 19.3 Å². The summed E-state index contributed by atoms with van der Waals surface area (Å²) in [5.41, 5.74) is 0.771. The molecule has 0 spiro atoms. The minimum absolute atomic E-state index is 0.146. The molecule has 0 radical (unpaired) electrons. The van der Waals surface area contributed by atoms with Crippen LogP contribution in [0.5, 0.6) is 0 Å². The van der Waals surface area contributed by atoms with Crippen LogP contribution in [0.4, 0.5) is 0 Å². The van der Waals surface area contributed by atoms with E-state index in [1.54, 1.807) is 24.7 Å². The lowest BCUT2D eigenvalue weighted by molar-refractivity contribution is -0.142.